The van der Waals surface area contributed by atoms with Gasteiger partial charge in [-0.05, 0) is 48.9 Å². The Kier molecular flexibility index (Phi) is 5.91. The van der Waals surface area contributed by atoms with Crippen LogP contribution in [0.2, 0.25) is 0 Å². The maximum Gasteiger partial charge on any atom is 0.325 e. The molecule has 158 valence electrons. The lowest BCUT2D eigenvalue weighted by atomic mass is 9.92. The van der Waals surface area contributed by atoms with Crippen molar-refractivity contribution in [2.45, 2.75) is 18.9 Å². The van der Waals surface area contributed by atoms with Crippen molar-refractivity contribution < 1.29 is 28.2 Å². The van der Waals surface area contributed by atoms with Crippen LogP contribution in [0.15, 0.2) is 42.5 Å². The molecule has 2 aromatic carbocycles. The normalized spacial score (nSPS) is 18.2. The lowest BCUT2D eigenvalue weighted by Gasteiger charge is -2.22. The Morgan fingerprint density at radius 2 is 1.77 bits per heavy atom. The van der Waals surface area contributed by atoms with E-state index in [1.54, 1.807) is 25.1 Å². The highest BCUT2D eigenvalue weighted by molar-refractivity contribution is 6.10. The van der Waals surface area contributed by atoms with Gasteiger partial charge in [0.25, 0.3) is 5.91 Å². The number of hydrogen-bond donors (Lipinski definition) is 2. The van der Waals surface area contributed by atoms with Gasteiger partial charge < -0.3 is 20.1 Å². The summed E-state index contributed by atoms with van der Waals surface area (Å²) < 4.78 is 23.5. The largest absolute Gasteiger partial charge is 0.493 e. The predicted octanol–water partition coefficient (Wildman–Crippen LogP) is 2.33. The third-order valence-electron chi connectivity index (χ3n) is 4.78. The number of hydrogen-bond acceptors (Lipinski definition) is 5. The lowest BCUT2D eigenvalue weighted by Crippen LogP contribution is -2.46. The molecule has 0 aromatic heterocycles. The SMILES string of the molecule is COc1ccc(C[C@@]2(C)NC(=O)N(CC(=O)Nc3ccc(F)cc3)C2=O)cc1OC. The molecule has 0 aliphatic carbocycles. The molecular formula is C21H22FN3O5. The van der Waals surface area contributed by atoms with Crippen LogP contribution in [0.5, 0.6) is 11.5 Å². The fourth-order valence-electron chi connectivity index (χ4n) is 3.29. The molecule has 8 nitrogen and oxygen atoms in total. The van der Waals surface area contributed by atoms with Crippen LogP contribution in [0.3, 0.4) is 0 Å². The molecule has 0 radical (unpaired) electrons. The van der Waals surface area contributed by atoms with Crippen LogP contribution in [-0.4, -0.2) is 49.0 Å². The first-order valence-corrected chi connectivity index (χ1v) is 9.16. The average Bonchev–Trinajstić information content (AvgIpc) is 2.92. The average molecular weight is 415 g/mol. The fourth-order valence-corrected chi connectivity index (χ4v) is 3.29. The zero-order valence-electron chi connectivity index (χ0n) is 16.8. The highest BCUT2D eigenvalue weighted by Crippen LogP contribution is 2.30. The molecule has 0 unspecified atom stereocenters. The summed E-state index contributed by atoms with van der Waals surface area (Å²) in [6, 6.07) is 9.74. The maximum absolute atomic E-state index is 13.0. The molecule has 0 spiro atoms. The van der Waals surface area contributed by atoms with E-state index >= 15 is 0 Å². The maximum atomic E-state index is 13.0. The van der Waals surface area contributed by atoms with Crippen LogP contribution in [0.25, 0.3) is 0 Å². The minimum Gasteiger partial charge on any atom is -0.493 e. The van der Waals surface area contributed by atoms with Crippen molar-refractivity contribution in [3.8, 4) is 11.5 Å². The van der Waals surface area contributed by atoms with E-state index in [1.165, 1.54) is 38.5 Å². The molecular weight excluding hydrogens is 393 g/mol. The second-order valence-electron chi connectivity index (χ2n) is 7.07. The number of carbonyl (C=O) groups excluding carboxylic acids is 3. The molecule has 3 rings (SSSR count). The lowest BCUT2D eigenvalue weighted by molar-refractivity contribution is -0.133. The number of anilines is 1. The van der Waals surface area contributed by atoms with Gasteiger partial charge in [0.05, 0.1) is 14.2 Å². The summed E-state index contributed by atoms with van der Waals surface area (Å²) in [6.45, 7) is 1.14. The number of urea groups is 1. The summed E-state index contributed by atoms with van der Waals surface area (Å²) in [5.74, 6) is -0.469. The summed E-state index contributed by atoms with van der Waals surface area (Å²) in [6.07, 6.45) is 0.202. The van der Waals surface area contributed by atoms with E-state index in [1.807, 2.05) is 0 Å². The Morgan fingerprint density at radius 1 is 1.10 bits per heavy atom. The van der Waals surface area contributed by atoms with Gasteiger partial charge in [-0.2, -0.15) is 0 Å². The molecule has 2 N–H and O–H groups in total. The summed E-state index contributed by atoms with van der Waals surface area (Å²) in [7, 11) is 3.03. The van der Waals surface area contributed by atoms with Crippen molar-refractivity contribution in [2.75, 3.05) is 26.1 Å². The summed E-state index contributed by atoms with van der Waals surface area (Å²) >= 11 is 0. The second kappa shape index (κ2) is 8.40. The Bertz CT molecular complexity index is 979. The van der Waals surface area contributed by atoms with Crippen molar-refractivity contribution in [2.24, 2.45) is 0 Å². The standard InChI is InChI=1S/C21H22FN3O5/c1-21(11-13-4-9-16(29-2)17(10-13)30-3)19(27)25(20(28)24-21)12-18(26)23-15-7-5-14(22)6-8-15/h4-10H,11-12H2,1-3H3,(H,23,26)(H,24,28)/t21-/m1/s1. The molecule has 2 aromatic rings. The third kappa shape index (κ3) is 4.35. The van der Waals surface area contributed by atoms with Crippen molar-refractivity contribution in [1.82, 2.24) is 10.2 Å². The van der Waals surface area contributed by atoms with Gasteiger partial charge in [0, 0.05) is 12.1 Å². The van der Waals surface area contributed by atoms with E-state index in [4.69, 9.17) is 9.47 Å². The molecule has 1 aliphatic rings. The number of amides is 4. The molecule has 4 amide bonds. The topological polar surface area (TPSA) is 97.0 Å². The van der Waals surface area contributed by atoms with Crippen LogP contribution in [-0.2, 0) is 16.0 Å². The zero-order valence-corrected chi connectivity index (χ0v) is 16.8. The Labute approximate surface area is 173 Å². The number of nitrogens with zero attached hydrogens (tertiary/aromatic N) is 1. The summed E-state index contributed by atoms with van der Waals surface area (Å²) in [4.78, 5) is 38.4. The molecule has 9 heteroatoms. The number of carbonyl (C=O) groups is 3. The van der Waals surface area contributed by atoms with Gasteiger partial charge >= 0.3 is 6.03 Å². The minimum absolute atomic E-state index is 0.202. The van der Waals surface area contributed by atoms with Crippen LogP contribution in [0.4, 0.5) is 14.9 Å². The molecule has 0 bridgehead atoms. The van der Waals surface area contributed by atoms with Crippen LogP contribution >= 0.6 is 0 Å². The number of nitrogens with one attached hydrogen (secondary N) is 2. The quantitative estimate of drug-likeness (QED) is 0.677. The zero-order chi connectivity index (χ0) is 21.9. The van der Waals surface area contributed by atoms with Crippen LogP contribution in [0, 0.1) is 5.82 Å². The van der Waals surface area contributed by atoms with Gasteiger partial charge in [-0.25, -0.2) is 9.18 Å². The number of methoxy groups -OCH3 is 2. The first-order valence-electron chi connectivity index (χ1n) is 9.16. The van der Waals surface area contributed by atoms with Crippen molar-refractivity contribution in [3.63, 3.8) is 0 Å². The first-order chi connectivity index (χ1) is 14.3. The van der Waals surface area contributed by atoms with E-state index < -0.39 is 35.7 Å². The molecule has 1 atom stereocenters. The minimum atomic E-state index is -1.22. The molecule has 30 heavy (non-hydrogen) atoms. The number of rotatable bonds is 7. The number of benzene rings is 2. The Balaban J connectivity index is 1.70. The van der Waals surface area contributed by atoms with Gasteiger partial charge in [-0.3, -0.25) is 14.5 Å². The summed E-state index contributed by atoms with van der Waals surface area (Å²) in [5, 5.41) is 5.19. The molecule has 0 saturated carbocycles. The van der Waals surface area contributed by atoms with Crippen LogP contribution < -0.4 is 20.1 Å². The number of ether oxygens (including phenoxy) is 2. The van der Waals surface area contributed by atoms with E-state index in [2.05, 4.69) is 10.6 Å². The van der Waals surface area contributed by atoms with E-state index in [9.17, 15) is 18.8 Å². The van der Waals surface area contributed by atoms with Gasteiger partial charge in [0.1, 0.15) is 17.9 Å². The smallest absolute Gasteiger partial charge is 0.325 e. The predicted molar refractivity (Wildman–Crippen MR) is 107 cm³/mol. The van der Waals surface area contributed by atoms with Gasteiger partial charge in [0.15, 0.2) is 11.5 Å². The van der Waals surface area contributed by atoms with Gasteiger partial charge in [0.2, 0.25) is 5.91 Å². The number of halogens is 1. The van der Waals surface area contributed by atoms with Gasteiger partial charge in [-0.15, -0.1) is 0 Å². The number of imide groups is 1. The van der Waals surface area contributed by atoms with Crippen molar-refractivity contribution in [1.29, 1.82) is 0 Å². The Morgan fingerprint density at radius 3 is 2.40 bits per heavy atom. The fraction of sp³-hybridized carbons (Fsp3) is 0.286. The van der Waals surface area contributed by atoms with E-state index in [0.29, 0.717) is 17.2 Å². The van der Waals surface area contributed by atoms with E-state index in [-0.39, 0.29) is 6.42 Å². The third-order valence-corrected chi connectivity index (χ3v) is 4.78. The van der Waals surface area contributed by atoms with Crippen molar-refractivity contribution >= 4 is 23.5 Å². The highest BCUT2D eigenvalue weighted by atomic mass is 19.1. The molecule has 1 aliphatic heterocycles. The summed E-state index contributed by atoms with van der Waals surface area (Å²) in [5.41, 5.74) is -0.102. The monoisotopic (exact) mass is 415 g/mol. The van der Waals surface area contributed by atoms with Gasteiger partial charge in [-0.1, -0.05) is 6.07 Å². The molecule has 1 fully saturated rings. The van der Waals surface area contributed by atoms with E-state index in [0.717, 1.165) is 10.5 Å². The van der Waals surface area contributed by atoms with Crippen LogP contribution in [0.1, 0.15) is 12.5 Å². The molecule has 1 saturated heterocycles. The van der Waals surface area contributed by atoms with Crippen molar-refractivity contribution in [3.05, 3.63) is 53.8 Å². The second-order valence-corrected chi connectivity index (χ2v) is 7.07. The Hall–Kier alpha value is -3.62. The highest BCUT2D eigenvalue weighted by Gasteiger charge is 2.48. The first kappa shape index (κ1) is 21.1. The molecule has 1 heterocycles.